The number of hydrogen-bond acceptors (Lipinski definition) is 5. The molecule has 0 saturated carbocycles. The maximum absolute atomic E-state index is 13.2. The quantitative estimate of drug-likeness (QED) is 0.684. The van der Waals surface area contributed by atoms with Crippen LogP contribution in [0.25, 0.3) is 0 Å². The molecule has 2 heterocycles. The molecule has 32 heavy (non-hydrogen) atoms. The van der Waals surface area contributed by atoms with Crippen molar-refractivity contribution >= 4 is 29.1 Å². The Kier molecular flexibility index (Phi) is 8.67. The highest BCUT2D eigenvalue weighted by atomic mass is 35.5. The summed E-state index contributed by atoms with van der Waals surface area (Å²) in [5, 5.41) is 0.550. The van der Waals surface area contributed by atoms with Gasteiger partial charge in [-0.2, -0.15) is 0 Å². The number of hydrogen-bond donors (Lipinski definition) is 0. The first-order valence-corrected chi connectivity index (χ1v) is 11.3. The third kappa shape index (κ3) is 6.31. The Morgan fingerprint density at radius 1 is 1.16 bits per heavy atom. The number of fused-ring (bicyclic) bond motifs is 1. The molecule has 0 atom stereocenters. The first-order chi connectivity index (χ1) is 15.4. The highest BCUT2D eigenvalue weighted by Gasteiger charge is 2.24. The van der Waals surface area contributed by atoms with E-state index in [0.29, 0.717) is 30.7 Å². The van der Waals surface area contributed by atoms with Crippen LogP contribution in [0, 0.1) is 0 Å². The minimum atomic E-state index is -0.123. The number of aromatic nitrogens is 2. The summed E-state index contributed by atoms with van der Waals surface area (Å²) in [5.74, 6) is -0.121. The number of amides is 2. The lowest BCUT2D eigenvalue weighted by Crippen LogP contribution is -2.42. The lowest BCUT2D eigenvalue weighted by molar-refractivity contribution is -0.132. The standard InChI is InChI=1S/C23H32ClN5O3/c1-18(2)27-8-4-9-29(23(31)16-32-3)21-13-20(24)6-5-19(21)14-28(12-11-27)22(30)15-26-10-7-25-17-26/h5-7,10,13,17-18H,4,8-9,11-12,14-16H2,1-3H3. The van der Waals surface area contributed by atoms with Gasteiger partial charge < -0.3 is 19.1 Å². The number of methoxy groups -OCH3 is 1. The molecule has 1 aliphatic heterocycles. The molecule has 2 aromatic rings. The Morgan fingerprint density at radius 3 is 2.66 bits per heavy atom. The smallest absolute Gasteiger partial charge is 0.252 e. The number of benzene rings is 1. The van der Waals surface area contributed by atoms with Gasteiger partial charge in [0.15, 0.2) is 0 Å². The van der Waals surface area contributed by atoms with Gasteiger partial charge in [-0.25, -0.2) is 4.98 Å². The molecular formula is C23H32ClN5O3. The normalized spacial score (nSPS) is 16.0. The van der Waals surface area contributed by atoms with E-state index in [0.717, 1.165) is 30.8 Å². The van der Waals surface area contributed by atoms with Crippen LogP contribution in [-0.4, -0.2) is 77.1 Å². The van der Waals surface area contributed by atoms with Crippen molar-refractivity contribution in [1.29, 1.82) is 0 Å². The minimum Gasteiger partial charge on any atom is -0.375 e. The third-order valence-electron chi connectivity index (χ3n) is 5.71. The van der Waals surface area contributed by atoms with Crippen LogP contribution in [0.1, 0.15) is 25.8 Å². The molecule has 1 aromatic heterocycles. The molecule has 1 aliphatic rings. The zero-order chi connectivity index (χ0) is 23.1. The second-order valence-electron chi connectivity index (χ2n) is 8.29. The molecule has 9 heteroatoms. The molecule has 174 valence electrons. The van der Waals surface area contributed by atoms with Crippen LogP contribution in [0.5, 0.6) is 0 Å². The first-order valence-electron chi connectivity index (χ1n) is 10.9. The van der Waals surface area contributed by atoms with Crippen LogP contribution in [0.3, 0.4) is 0 Å². The number of rotatable bonds is 5. The molecule has 0 aliphatic carbocycles. The number of anilines is 1. The molecule has 0 spiro atoms. The average molecular weight is 462 g/mol. The Labute approximate surface area is 194 Å². The van der Waals surface area contributed by atoms with Crippen molar-refractivity contribution in [2.24, 2.45) is 0 Å². The van der Waals surface area contributed by atoms with Crippen molar-refractivity contribution in [2.75, 3.05) is 44.8 Å². The van der Waals surface area contributed by atoms with Crippen LogP contribution in [0.2, 0.25) is 5.02 Å². The zero-order valence-corrected chi connectivity index (χ0v) is 19.8. The summed E-state index contributed by atoms with van der Waals surface area (Å²) >= 11 is 6.31. The third-order valence-corrected chi connectivity index (χ3v) is 5.95. The molecule has 0 saturated heterocycles. The molecule has 0 fully saturated rings. The lowest BCUT2D eigenvalue weighted by Gasteiger charge is -2.30. The Morgan fingerprint density at radius 2 is 1.97 bits per heavy atom. The van der Waals surface area contributed by atoms with Crippen molar-refractivity contribution in [1.82, 2.24) is 19.4 Å². The van der Waals surface area contributed by atoms with Crippen molar-refractivity contribution in [3.63, 3.8) is 0 Å². The van der Waals surface area contributed by atoms with Gasteiger partial charge in [0.25, 0.3) is 5.91 Å². The maximum Gasteiger partial charge on any atom is 0.252 e. The largest absolute Gasteiger partial charge is 0.375 e. The summed E-state index contributed by atoms with van der Waals surface area (Å²) < 4.78 is 6.89. The fourth-order valence-electron chi connectivity index (χ4n) is 3.95. The number of carbonyl (C=O) groups is 2. The number of nitrogens with zero attached hydrogens (tertiary/aromatic N) is 5. The monoisotopic (exact) mass is 461 g/mol. The summed E-state index contributed by atoms with van der Waals surface area (Å²) in [6.45, 7) is 7.65. The van der Waals surface area contributed by atoms with E-state index in [2.05, 4.69) is 23.7 Å². The van der Waals surface area contributed by atoms with E-state index < -0.39 is 0 Å². The topological polar surface area (TPSA) is 70.9 Å². The Balaban J connectivity index is 1.96. The van der Waals surface area contributed by atoms with Crippen molar-refractivity contribution in [3.8, 4) is 0 Å². The lowest BCUT2D eigenvalue weighted by atomic mass is 10.1. The van der Waals surface area contributed by atoms with E-state index in [-0.39, 0.29) is 25.0 Å². The van der Waals surface area contributed by atoms with E-state index in [1.807, 2.05) is 11.0 Å². The van der Waals surface area contributed by atoms with Crippen LogP contribution in [0.15, 0.2) is 36.9 Å². The van der Waals surface area contributed by atoms with Crippen LogP contribution in [-0.2, 0) is 27.4 Å². The van der Waals surface area contributed by atoms with Gasteiger partial charge >= 0.3 is 0 Å². The van der Waals surface area contributed by atoms with Gasteiger partial charge in [-0.1, -0.05) is 17.7 Å². The number of halogens is 1. The molecule has 0 N–H and O–H groups in total. The molecule has 8 nitrogen and oxygen atoms in total. The van der Waals surface area contributed by atoms with E-state index in [1.165, 1.54) is 7.11 Å². The predicted molar refractivity (Wildman–Crippen MR) is 125 cm³/mol. The highest BCUT2D eigenvalue weighted by molar-refractivity contribution is 6.31. The van der Waals surface area contributed by atoms with E-state index in [4.69, 9.17) is 16.3 Å². The highest BCUT2D eigenvalue weighted by Crippen LogP contribution is 2.28. The summed E-state index contributed by atoms with van der Waals surface area (Å²) in [4.78, 5) is 36.1. The van der Waals surface area contributed by atoms with Crippen molar-refractivity contribution in [3.05, 3.63) is 47.5 Å². The average Bonchev–Trinajstić information content (AvgIpc) is 3.24. The Bertz CT molecular complexity index is 903. The van der Waals surface area contributed by atoms with Gasteiger partial charge in [-0.15, -0.1) is 0 Å². The molecular weight excluding hydrogens is 430 g/mol. The van der Waals surface area contributed by atoms with Crippen LogP contribution >= 0.6 is 11.6 Å². The van der Waals surface area contributed by atoms with E-state index >= 15 is 0 Å². The van der Waals surface area contributed by atoms with Gasteiger partial charge in [-0.3, -0.25) is 14.5 Å². The number of ether oxygens (including phenoxy) is 1. The minimum absolute atomic E-state index is 0.00150. The number of carbonyl (C=O) groups excluding carboxylic acids is 2. The SMILES string of the molecule is COCC(=O)N1CCCN(C(C)C)CCN(C(=O)Cn2ccnc2)Cc2ccc(Cl)cc21. The summed E-state index contributed by atoms with van der Waals surface area (Å²) in [7, 11) is 1.51. The van der Waals surface area contributed by atoms with Crippen molar-refractivity contribution < 1.29 is 14.3 Å². The zero-order valence-electron chi connectivity index (χ0n) is 19.0. The van der Waals surface area contributed by atoms with Gasteiger partial charge in [0.05, 0.1) is 12.0 Å². The van der Waals surface area contributed by atoms with Gasteiger partial charge in [0.2, 0.25) is 5.91 Å². The fraction of sp³-hybridized carbons (Fsp3) is 0.522. The van der Waals surface area contributed by atoms with E-state index in [1.54, 1.807) is 40.3 Å². The fourth-order valence-corrected chi connectivity index (χ4v) is 4.11. The second kappa shape index (κ2) is 11.4. The number of imidazole rings is 1. The molecule has 0 radical (unpaired) electrons. The summed E-state index contributed by atoms with van der Waals surface area (Å²) in [6, 6.07) is 5.85. The van der Waals surface area contributed by atoms with Gasteiger partial charge in [-0.05, 0) is 38.0 Å². The van der Waals surface area contributed by atoms with Crippen LogP contribution in [0.4, 0.5) is 5.69 Å². The van der Waals surface area contributed by atoms with Gasteiger partial charge in [0, 0.05) is 63.3 Å². The van der Waals surface area contributed by atoms with Crippen molar-refractivity contribution in [2.45, 2.75) is 39.4 Å². The Hall–Kier alpha value is -2.42. The van der Waals surface area contributed by atoms with Crippen LogP contribution < -0.4 is 4.90 Å². The molecule has 3 rings (SSSR count). The maximum atomic E-state index is 13.2. The molecule has 1 aromatic carbocycles. The molecule has 0 unspecified atom stereocenters. The van der Waals surface area contributed by atoms with Gasteiger partial charge in [0.1, 0.15) is 13.2 Å². The summed E-state index contributed by atoms with van der Waals surface area (Å²) in [6.07, 6.45) is 5.90. The van der Waals surface area contributed by atoms with E-state index in [9.17, 15) is 9.59 Å². The molecule has 0 bridgehead atoms. The summed E-state index contributed by atoms with van der Waals surface area (Å²) in [5.41, 5.74) is 1.62. The first kappa shape index (κ1) is 24.2. The second-order valence-corrected chi connectivity index (χ2v) is 8.72. The predicted octanol–water partition coefficient (Wildman–Crippen LogP) is 2.66. The molecule has 2 amide bonds.